The lowest BCUT2D eigenvalue weighted by molar-refractivity contribution is -0.117. The Morgan fingerprint density at radius 1 is 1.24 bits per heavy atom. The average molecular weight is 478 g/mol. The van der Waals surface area contributed by atoms with Crippen LogP contribution in [0.1, 0.15) is 37.3 Å². The van der Waals surface area contributed by atoms with Crippen LogP contribution in [0.25, 0.3) is 21.9 Å². The first-order valence-corrected chi connectivity index (χ1v) is 11.8. The lowest BCUT2D eigenvalue weighted by Crippen LogP contribution is -2.16. The van der Waals surface area contributed by atoms with Gasteiger partial charge in [0.15, 0.2) is 0 Å². The quantitative estimate of drug-likeness (QED) is 0.370. The van der Waals surface area contributed by atoms with Crippen molar-refractivity contribution in [1.29, 1.82) is 0 Å². The maximum atomic E-state index is 15.1. The Kier molecular flexibility index (Phi) is 5.81. The number of carbonyl (C=O) groups is 1. The topological polar surface area (TPSA) is 72.7 Å². The second kappa shape index (κ2) is 8.80. The Hall–Kier alpha value is -3.32. The Morgan fingerprint density at radius 3 is 2.82 bits per heavy atom. The summed E-state index contributed by atoms with van der Waals surface area (Å²) >= 11 is 6.35. The van der Waals surface area contributed by atoms with Crippen LogP contribution < -0.4 is 5.32 Å². The molecule has 1 aliphatic carbocycles. The Balaban J connectivity index is 1.40. The smallest absolute Gasteiger partial charge is 0.229 e. The van der Waals surface area contributed by atoms with Crippen LogP contribution in [0.5, 0.6) is 0 Å². The fraction of sp³-hybridized carbons (Fsp3) is 0.308. The molecule has 0 saturated heterocycles. The predicted octanol–water partition coefficient (Wildman–Crippen LogP) is 5.99. The lowest BCUT2D eigenvalue weighted by Gasteiger charge is -2.12. The van der Waals surface area contributed by atoms with E-state index < -0.39 is 5.82 Å². The van der Waals surface area contributed by atoms with E-state index in [9.17, 15) is 4.79 Å². The minimum absolute atomic E-state index is 0.00102. The molecule has 0 bridgehead atoms. The van der Waals surface area contributed by atoms with E-state index in [-0.39, 0.29) is 28.7 Å². The molecular formula is C26H25ClFN5O. The van der Waals surface area contributed by atoms with Gasteiger partial charge in [0.05, 0.1) is 11.2 Å². The zero-order valence-corrected chi connectivity index (χ0v) is 20.0. The molecule has 1 amide bonds. The van der Waals surface area contributed by atoms with E-state index in [1.807, 2.05) is 30.1 Å². The number of benzene rings is 1. The molecule has 1 aromatic carbocycles. The van der Waals surface area contributed by atoms with Crippen molar-refractivity contribution < 1.29 is 9.18 Å². The highest BCUT2D eigenvalue weighted by molar-refractivity contribution is 6.36. The number of rotatable bonds is 6. The lowest BCUT2D eigenvalue weighted by atomic mass is 9.99. The summed E-state index contributed by atoms with van der Waals surface area (Å²) in [6, 6.07) is 5.28. The Bertz CT molecular complexity index is 1400. The highest BCUT2D eigenvalue weighted by Gasteiger charge is 2.53. The maximum absolute atomic E-state index is 15.1. The largest absolute Gasteiger partial charge is 0.310 e. The number of aryl methyl sites for hydroxylation is 2. The third kappa shape index (κ3) is 3.94. The van der Waals surface area contributed by atoms with Crippen molar-refractivity contribution in [2.24, 2.45) is 11.8 Å². The van der Waals surface area contributed by atoms with Crippen molar-refractivity contribution in [3.8, 4) is 11.1 Å². The number of aromatic nitrogens is 4. The van der Waals surface area contributed by atoms with Crippen LogP contribution in [-0.4, -0.2) is 25.7 Å². The van der Waals surface area contributed by atoms with Gasteiger partial charge in [0.2, 0.25) is 5.91 Å². The van der Waals surface area contributed by atoms with Crippen LogP contribution in [0.15, 0.2) is 49.2 Å². The molecule has 1 unspecified atom stereocenters. The van der Waals surface area contributed by atoms with Gasteiger partial charge in [-0.2, -0.15) is 5.10 Å². The second-order valence-electron chi connectivity index (χ2n) is 8.97. The Labute approximate surface area is 202 Å². The zero-order chi connectivity index (χ0) is 24.0. The second-order valence-corrected chi connectivity index (χ2v) is 9.35. The first-order valence-electron chi connectivity index (χ1n) is 11.4. The Morgan fingerprint density at radius 2 is 2.06 bits per heavy atom. The van der Waals surface area contributed by atoms with Crippen LogP contribution in [0.2, 0.25) is 5.02 Å². The summed E-state index contributed by atoms with van der Waals surface area (Å²) in [5.41, 5.74) is 3.02. The number of anilines is 1. The van der Waals surface area contributed by atoms with Gasteiger partial charge >= 0.3 is 0 Å². The van der Waals surface area contributed by atoms with E-state index in [2.05, 4.69) is 34.2 Å². The van der Waals surface area contributed by atoms with Crippen molar-refractivity contribution in [2.75, 3.05) is 5.32 Å². The van der Waals surface area contributed by atoms with Crippen LogP contribution in [0.4, 0.5) is 10.2 Å². The minimum Gasteiger partial charge on any atom is -0.310 e. The molecule has 3 aromatic heterocycles. The van der Waals surface area contributed by atoms with Gasteiger partial charge in [-0.3, -0.25) is 14.5 Å². The third-order valence-corrected chi connectivity index (χ3v) is 7.02. The molecule has 34 heavy (non-hydrogen) atoms. The van der Waals surface area contributed by atoms with E-state index in [4.69, 9.17) is 11.6 Å². The summed E-state index contributed by atoms with van der Waals surface area (Å²) in [6.45, 7) is 6.94. The summed E-state index contributed by atoms with van der Waals surface area (Å²) in [6.07, 6.45) is 9.68. The minimum atomic E-state index is -0.512. The molecule has 5 rings (SSSR count). The molecular weight excluding hydrogens is 453 g/mol. The summed E-state index contributed by atoms with van der Waals surface area (Å²) < 4.78 is 17.0. The summed E-state index contributed by atoms with van der Waals surface area (Å²) in [7, 11) is 0. The van der Waals surface area contributed by atoms with Gasteiger partial charge in [0.25, 0.3) is 0 Å². The molecule has 0 aliphatic heterocycles. The molecule has 1 N–H and O–H groups in total. The molecule has 174 valence electrons. The molecule has 0 spiro atoms. The molecule has 3 heterocycles. The van der Waals surface area contributed by atoms with Gasteiger partial charge in [-0.15, -0.1) is 0 Å². The summed E-state index contributed by atoms with van der Waals surface area (Å²) in [4.78, 5) is 21.5. The highest BCUT2D eigenvalue weighted by Crippen LogP contribution is 2.54. The van der Waals surface area contributed by atoms with Gasteiger partial charge in [-0.25, -0.2) is 9.37 Å². The number of halogens is 2. The van der Waals surface area contributed by atoms with Gasteiger partial charge in [-0.05, 0) is 54.0 Å². The van der Waals surface area contributed by atoms with Crippen molar-refractivity contribution in [3.63, 3.8) is 0 Å². The first-order chi connectivity index (χ1) is 16.4. The number of pyridine rings is 2. The third-order valence-electron chi connectivity index (χ3n) is 6.65. The number of carbonyl (C=O) groups excluding carboxylic acids is 1. The molecule has 1 fully saturated rings. The van der Waals surface area contributed by atoms with E-state index >= 15 is 4.39 Å². The normalized spacial score (nSPS) is 19.4. The number of fused-ring (bicyclic) bond motifs is 1. The van der Waals surface area contributed by atoms with Crippen molar-refractivity contribution >= 4 is 34.1 Å². The summed E-state index contributed by atoms with van der Waals surface area (Å²) in [5, 5.41) is 8.51. The number of hydrogen-bond donors (Lipinski definition) is 1. The van der Waals surface area contributed by atoms with Gasteiger partial charge in [-0.1, -0.05) is 25.4 Å². The fourth-order valence-electron chi connectivity index (χ4n) is 4.73. The molecule has 1 saturated carbocycles. The van der Waals surface area contributed by atoms with Gasteiger partial charge in [0.1, 0.15) is 11.6 Å². The average Bonchev–Trinajstić information content (AvgIpc) is 3.27. The highest BCUT2D eigenvalue weighted by atomic mass is 35.5. The maximum Gasteiger partial charge on any atom is 0.229 e. The number of nitrogens with zero attached hydrogens (tertiary/aromatic N) is 4. The molecule has 3 atom stereocenters. The predicted molar refractivity (Wildman–Crippen MR) is 131 cm³/mol. The number of amides is 1. The van der Waals surface area contributed by atoms with Crippen LogP contribution >= 0.6 is 11.6 Å². The number of nitrogens with one attached hydrogen (secondary N) is 1. The molecule has 0 radical (unpaired) electrons. The fourth-order valence-corrected chi connectivity index (χ4v) is 4.99. The van der Waals surface area contributed by atoms with E-state index in [0.29, 0.717) is 27.7 Å². The number of hydrogen-bond acceptors (Lipinski definition) is 4. The van der Waals surface area contributed by atoms with Gasteiger partial charge < -0.3 is 5.32 Å². The van der Waals surface area contributed by atoms with Crippen molar-refractivity contribution in [2.45, 2.75) is 39.7 Å². The first kappa shape index (κ1) is 22.5. The SMILES string of the molecule is CCCn1cc([C@H]2C(C)[C@@H]2C(=O)Nc2cc3cc(-c4cnccc4C)c(F)c(Cl)c3cn2)cn1. The van der Waals surface area contributed by atoms with E-state index in [1.54, 1.807) is 24.5 Å². The van der Waals surface area contributed by atoms with Crippen LogP contribution in [-0.2, 0) is 11.3 Å². The van der Waals surface area contributed by atoms with Crippen LogP contribution in [0.3, 0.4) is 0 Å². The van der Waals surface area contributed by atoms with Crippen LogP contribution in [0, 0.1) is 24.6 Å². The van der Waals surface area contributed by atoms with Gasteiger partial charge in [0, 0.05) is 59.7 Å². The monoisotopic (exact) mass is 477 g/mol. The van der Waals surface area contributed by atoms with Crippen molar-refractivity contribution in [1.82, 2.24) is 19.7 Å². The zero-order valence-electron chi connectivity index (χ0n) is 19.2. The standard InChI is InChI=1S/C26H25ClFN5O/c1-4-7-33-13-17(10-31-33)22-15(3)23(22)26(34)32-21-9-16-8-18(19-11-29-6-5-14(19)2)25(28)24(27)20(16)12-30-21/h5-6,8-13,15,22-23H,4,7H2,1-3H3,(H,30,32,34)/t15?,22-,23+/m1/s1. The molecule has 6 nitrogen and oxygen atoms in total. The summed E-state index contributed by atoms with van der Waals surface area (Å²) in [5.74, 6) is 0.0557. The molecule has 1 aliphatic rings. The van der Waals surface area contributed by atoms with E-state index in [0.717, 1.165) is 24.1 Å². The van der Waals surface area contributed by atoms with E-state index in [1.165, 1.54) is 6.20 Å². The molecule has 4 aromatic rings. The van der Waals surface area contributed by atoms with Crippen molar-refractivity contribution in [3.05, 3.63) is 71.2 Å². The molecule has 8 heteroatoms.